The Labute approximate surface area is 78.4 Å². The maximum absolute atomic E-state index is 5.77. The van der Waals surface area contributed by atoms with E-state index in [0.29, 0.717) is 11.8 Å². The molecule has 1 N–H and O–H groups in total. The van der Waals surface area contributed by atoms with Crippen molar-refractivity contribution in [2.45, 2.75) is 25.3 Å². The summed E-state index contributed by atoms with van der Waals surface area (Å²) in [6.45, 7) is 3.14. The highest BCUT2D eigenvalue weighted by atomic mass is 35.5. The minimum Gasteiger partial charge on any atom is -0.309 e. The first-order chi connectivity index (χ1) is 5.20. The number of hydrogen-bond donors (Lipinski definition) is 1. The Morgan fingerprint density at radius 3 is 2.27 bits per heavy atom. The lowest BCUT2D eigenvalue weighted by molar-refractivity contribution is 0.426. The summed E-state index contributed by atoms with van der Waals surface area (Å²) < 4.78 is 0. The average Bonchev–Trinajstić information content (AvgIpc) is 2.83. The average molecular weight is 196 g/mol. The number of rotatable bonds is 5. The lowest BCUT2D eigenvalue weighted by atomic mass is 10.1. The van der Waals surface area contributed by atoms with Gasteiger partial charge in [0, 0.05) is 17.3 Å². The van der Waals surface area contributed by atoms with E-state index >= 15 is 0 Å². The van der Waals surface area contributed by atoms with Crippen LogP contribution in [-0.2, 0) is 0 Å². The minimum atomic E-state index is -0.0638. The zero-order chi connectivity index (χ0) is 8.32. The summed E-state index contributed by atoms with van der Waals surface area (Å²) in [6, 6.07) is 0. The lowest BCUT2D eigenvalue weighted by Crippen LogP contribution is -2.46. The van der Waals surface area contributed by atoms with Crippen LogP contribution in [0.3, 0.4) is 0 Å². The van der Waals surface area contributed by atoms with Crippen LogP contribution in [0.25, 0.3) is 0 Å². The Balaban J connectivity index is 2.18. The third-order valence-corrected chi connectivity index (χ3v) is 3.28. The summed E-state index contributed by atoms with van der Waals surface area (Å²) in [5.74, 6) is 2.06. The molecule has 0 atom stereocenters. The van der Waals surface area contributed by atoms with Crippen molar-refractivity contribution in [3.05, 3.63) is 0 Å². The van der Waals surface area contributed by atoms with Crippen LogP contribution in [-0.4, -0.2) is 23.8 Å². The van der Waals surface area contributed by atoms with Gasteiger partial charge >= 0.3 is 0 Å². The topological polar surface area (TPSA) is 12.0 Å². The maximum atomic E-state index is 5.77. The zero-order valence-corrected chi connectivity index (χ0v) is 8.38. The number of alkyl halides is 2. The quantitative estimate of drug-likeness (QED) is 0.665. The molecule has 0 saturated heterocycles. The third kappa shape index (κ3) is 3.18. The van der Waals surface area contributed by atoms with Gasteiger partial charge in [-0.3, -0.25) is 0 Å². The van der Waals surface area contributed by atoms with E-state index in [-0.39, 0.29) is 5.54 Å². The molecule has 0 bridgehead atoms. The minimum absolute atomic E-state index is 0.0638. The smallest absolute Gasteiger partial charge is 0.0425 e. The summed E-state index contributed by atoms with van der Waals surface area (Å²) >= 11 is 11.5. The molecule has 0 spiro atoms. The van der Waals surface area contributed by atoms with E-state index in [1.165, 1.54) is 12.8 Å². The fraction of sp³-hybridized carbons (Fsp3) is 1.00. The molecule has 0 heterocycles. The van der Waals surface area contributed by atoms with E-state index in [2.05, 4.69) is 12.2 Å². The summed E-state index contributed by atoms with van der Waals surface area (Å²) in [6.07, 6.45) is 2.74. The number of halogens is 2. The fourth-order valence-electron chi connectivity index (χ4n) is 0.843. The van der Waals surface area contributed by atoms with Crippen molar-refractivity contribution in [2.75, 3.05) is 18.3 Å². The van der Waals surface area contributed by atoms with Gasteiger partial charge in [-0.05, 0) is 32.2 Å². The van der Waals surface area contributed by atoms with E-state index in [4.69, 9.17) is 23.2 Å². The molecule has 1 aliphatic carbocycles. The molecule has 1 saturated carbocycles. The summed E-state index contributed by atoms with van der Waals surface area (Å²) in [7, 11) is 0. The van der Waals surface area contributed by atoms with Gasteiger partial charge < -0.3 is 5.32 Å². The maximum Gasteiger partial charge on any atom is 0.0425 e. The van der Waals surface area contributed by atoms with Gasteiger partial charge in [-0.15, -0.1) is 23.2 Å². The number of hydrogen-bond acceptors (Lipinski definition) is 1. The van der Waals surface area contributed by atoms with Crippen molar-refractivity contribution in [2.24, 2.45) is 5.92 Å². The van der Waals surface area contributed by atoms with Crippen LogP contribution in [0.4, 0.5) is 0 Å². The van der Waals surface area contributed by atoms with Gasteiger partial charge in [-0.25, -0.2) is 0 Å². The van der Waals surface area contributed by atoms with E-state index < -0.39 is 0 Å². The van der Waals surface area contributed by atoms with Crippen molar-refractivity contribution in [1.82, 2.24) is 5.32 Å². The molecule has 1 fully saturated rings. The van der Waals surface area contributed by atoms with E-state index in [1.807, 2.05) is 0 Å². The zero-order valence-electron chi connectivity index (χ0n) is 6.87. The highest BCUT2D eigenvalue weighted by molar-refractivity contribution is 6.22. The van der Waals surface area contributed by atoms with Gasteiger partial charge in [0.1, 0.15) is 0 Å². The molecule has 11 heavy (non-hydrogen) atoms. The largest absolute Gasteiger partial charge is 0.309 e. The normalized spacial score (nSPS) is 18.8. The summed E-state index contributed by atoms with van der Waals surface area (Å²) in [5, 5.41) is 3.39. The Hall–Kier alpha value is 0.540. The monoisotopic (exact) mass is 195 g/mol. The van der Waals surface area contributed by atoms with Crippen molar-refractivity contribution in [3.63, 3.8) is 0 Å². The lowest BCUT2D eigenvalue weighted by Gasteiger charge is -2.25. The van der Waals surface area contributed by atoms with Crippen LogP contribution in [0.2, 0.25) is 0 Å². The van der Waals surface area contributed by atoms with E-state index in [1.54, 1.807) is 0 Å². The van der Waals surface area contributed by atoms with Gasteiger partial charge in [0.25, 0.3) is 0 Å². The van der Waals surface area contributed by atoms with Crippen LogP contribution in [0, 0.1) is 5.92 Å². The van der Waals surface area contributed by atoms with Crippen molar-refractivity contribution < 1.29 is 0 Å². The van der Waals surface area contributed by atoms with Crippen molar-refractivity contribution in [3.8, 4) is 0 Å². The molecule has 0 radical (unpaired) electrons. The molecule has 66 valence electrons. The highest BCUT2D eigenvalue weighted by Crippen LogP contribution is 2.28. The van der Waals surface area contributed by atoms with Gasteiger partial charge in [-0.1, -0.05) is 0 Å². The highest BCUT2D eigenvalue weighted by Gasteiger charge is 2.26. The molecule has 0 unspecified atom stereocenters. The molecule has 0 aliphatic heterocycles. The summed E-state index contributed by atoms with van der Waals surface area (Å²) in [5.41, 5.74) is -0.0638. The molecule has 0 amide bonds. The molecular formula is C8H15Cl2N. The molecule has 1 rings (SSSR count). The van der Waals surface area contributed by atoms with Gasteiger partial charge in [0.15, 0.2) is 0 Å². The molecular weight excluding hydrogens is 181 g/mol. The molecule has 1 aliphatic rings. The fourth-order valence-corrected chi connectivity index (χ4v) is 1.32. The predicted octanol–water partition coefficient (Wildman–Crippen LogP) is 2.22. The first-order valence-corrected chi connectivity index (χ1v) is 5.14. The molecule has 0 aromatic carbocycles. The van der Waals surface area contributed by atoms with Crippen LogP contribution < -0.4 is 5.32 Å². The Bertz CT molecular complexity index is 119. The predicted molar refractivity (Wildman–Crippen MR) is 50.6 cm³/mol. The van der Waals surface area contributed by atoms with E-state index in [0.717, 1.165) is 12.5 Å². The summed E-state index contributed by atoms with van der Waals surface area (Å²) in [4.78, 5) is 0. The first-order valence-electron chi connectivity index (χ1n) is 4.07. The third-order valence-electron chi connectivity index (χ3n) is 2.10. The van der Waals surface area contributed by atoms with Gasteiger partial charge in [0.05, 0.1) is 0 Å². The standard InChI is InChI=1S/C8H15Cl2N/c1-8(5-9,6-10)11-4-7-2-3-7/h7,11H,2-6H2,1H3. The Morgan fingerprint density at radius 2 is 1.91 bits per heavy atom. The number of nitrogens with one attached hydrogen (secondary N) is 1. The first kappa shape index (κ1) is 9.63. The van der Waals surface area contributed by atoms with Crippen molar-refractivity contribution in [1.29, 1.82) is 0 Å². The second-order valence-corrected chi connectivity index (χ2v) is 4.19. The molecule has 0 aromatic heterocycles. The Morgan fingerprint density at radius 1 is 1.36 bits per heavy atom. The van der Waals surface area contributed by atoms with Crippen LogP contribution in [0.15, 0.2) is 0 Å². The second-order valence-electron chi connectivity index (χ2n) is 3.65. The molecule has 3 heteroatoms. The van der Waals surface area contributed by atoms with Crippen LogP contribution >= 0.6 is 23.2 Å². The second kappa shape index (κ2) is 3.97. The van der Waals surface area contributed by atoms with Gasteiger partial charge in [-0.2, -0.15) is 0 Å². The van der Waals surface area contributed by atoms with Crippen molar-refractivity contribution >= 4 is 23.2 Å². The molecule has 1 nitrogen and oxygen atoms in total. The van der Waals surface area contributed by atoms with Crippen LogP contribution in [0.5, 0.6) is 0 Å². The molecule has 0 aromatic rings. The van der Waals surface area contributed by atoms with E-state index in [9.17, 15) is 0 Å². The van der Waals surface area contributed by atoms with Crippen LogP contribution in [0.1, 0.15) is 19.8 Å². The Kier molecular flexibility index (Phi) is 3.48. The SMILES string of the molecule is CC(CCl)(CCl)NCC1CC1. The van der Waals surface area contributed by atoms with Gasteiger partial charge in [0.2, 0.25) is 0 Å².